The second kappa shape index (κ2) is 6.83. The van der Waals surface area contributed by atoms with Crippen LogP contribution in [0.5, 0.6) is 0 Å². The number of carbonyl (C=O) groups excluding carboxylic acids is 1. The van der Waals surface area contributed by atoms with E-state index < -0.39 is 0 Å². The van der Waals surface area contributed by atoms with Crippen LogP contribution in [-0.4, -0.2) is 35.7 Å². The molecule has 0 bridgehead atoms. The van der Waals surface area contributed by atoms with E-state index in [1.807, 2.05) is 17.8 Å². The smallest absolute Gasteiger partial charge is 0.310 e. The van der Waals surface area contributed by atoms with Gasteiger partial charge in [-0.1, -0.05) is 0 Å². The van der Waals surface area contributed by atoms with E-state index in [0.717, 1.165) is 12.2 Å². The lowest BCUT2D eigenvalue weighted by molar-refractivity contribution is -0.145. The summed E-state index contributed by atoms with van der Waals surface area (Å²) in [5.41, 5.74) is 0.956. The summed E-state index contributed by atoms with van der Waals surface area (Å²) >= 11 is 0. The van der Waals surface area contributed by atoms with E-state index in [1.54, 1.807) is 6.33 Å². The summed E-state index contributed by atoms with van der Waals surface area (Å²) in [6.07, 6.45) is 3.70. The van der Waals surface area contributed by atoms with Crippen LogP contribution in [-0.2, 0) is 16.6 Å². The normalized spacial score (nSPS) is 22.5. The van der Waals surface area contributed by atoms with Gasteiger partial charge in [0.25, 0.3) is 0 Å². The molecule has 98 valence electrons. The van der Waals surface area contributed by atoms with Gasteiger partial charge < -0.3 is 14.6 Å². The number of hydrogen-bond acceptors (Lipinski definition) is 4. The van der Waals surface area contributed by atoms with Crippen LogP contribution in [0.2, 0.25) is 0 Å². The van der Waals surface area contributed by atoms with Gasteiger partial charge in [0, 0.05) is 32.3 Å². The molecule has 1 N–H and O–H groups in total. The first-order valence-corrected chi connectivity index (χ1v) is 4.98. The summed E-state index contributed by atoms with van der Waals surface area (Å²) in [5.74, 6) is -0.126. The Hall–Kier alpha value is -0.780. The third-order valence-corrected chi connectivity index (χ3v) is 2.82. The van der Waals surface area contributed by atoms with Crippen molar-refractivity contribution in [1.82, 2.24) is 14.9 Å². The SMILES string of the molecule is COC(=O)[C@@H]1CNC[C@H]1c1cn(C)cn1.Cl.Cl. The summed E-state index contributed by atoms with van der Waals surface area (Å²) in [7, 11) is 3.35. The number of esters is 1. The topological polar surface area (TPSA) is 56.1 Å². The highest BCUT2D eigenvalue weighted by Crippen LogP contribution is 2.27. The molecule has 1 aliphatic rings. The van der Waals surface area contributed by atoms with E-state index >= 15 is 0 Å². The Bertz CT molecular complexity index is 370. The van der Waals surface area contributed by atoms with Crippen molar-refractivity contribution in [3.63, 3.8) is 0 Å². The van der Waals surface area contributed by atoms with Crippen molar-refractivity contribution in [2.75, 3.05) is 20.2 Å². The van der Waals surface area contributed by atoms with Crippen molar-refractivity contribution >= 4 is 30.8 Å². The molecule has 1 aliphatic heterocycles. The van der Waals surface area contributed by atoms with E-state index in [1.165, 1.54) is 7.11 Å². The van der Waals surface area contributed by atoms with Crippen LogP contribution in [0.1, 0.15) is 11.6 Å². The minimum absolute atomic E-state index is 0. The van der Waals surface area contributed by atoms with Gasteiger partial charge in [-0.2, -0.15) is 0 Å². The fourth-order valence-electron chi connectivity index (χ4n) is 2.01. The summed E-state index contributed by atoms with van der Waals surface area (Å²) < 4.78 is 6.67. The van der Waals surface area contributed by atoms with Gasteiger partial charge in [0.1, 0.15) is 0 Å². The van der Waals surface area contributed by atoms with Crippen molar-refractivity contribution in [2.24, 2.45) is 13.0 Å². The van der Waals surface area contributed by atoms with Gasteiger partial charge in [-0.25, -0.2) is 4.98 Å². The molecule has 1 fully saturated rings. The van der Waals surface area contributed by atoms with Crippen LogP contribution < -0.4 is 5.32 Å². The second-order valence-electron chi connectivity index (χ2n) is 3.86. The van der Waals surface area contributed by atoms with Crippen molar-refractivity contribution in [2.45, 2.75) is 5.92 Å². The monoisotopic (exact) mass is 281 g/mol. The molecule has 1 aromatic heterocycles. The van der Waals surface area contributed by atoms with Gasteiger partial charge in [-0.15, -0.1) is 24.8 Å². The van der Waals surface area contributed by atoms with E-state index in [9.17, 15) is 4.79 Å². The molecule has 2 heterocycles. The largest absolute Gasteiger partial charge is 0.469 e. The van der Waals surface area contributed by atoms with Gasteiger partial charge in [-0.05, 0) is 0 Å². The van der Waals surface area contributed by atoms with Gasteiger partial charge in [0.2, 0.25) is 0 Å². The molecule has 0 amide bonds. The molecule has 17 heavy (non-hydrogen) atoms. The first-order valence-electron chi connectivity index (χ1n) is 4.98. The number of nitrogens with zero attached hydrogens (tertiary/aromatic N) is 2. The number of nitrogens with one attached hydrogen (secondary N) is 1. The van der Waals surface area contributed by atoms with Gasteiger partial charge in [0.15, 0.2) is 0 Å². The summed E-state index contributed by atoms with van der Waals surface area (Å²) in [5, 5.41) is 3.20. The molecule has 5 nitrogen and oxygen atoms in total. The zero-order valence-electron chi connectivity index (χ0n) is 9.75. The third-order valence-electron chi connectivity index (χ3n) is 2.82. The Kier molecular flexibility index (Phi) is 6.52. The molecule has 0 spiro atoms. The number of aryl methyl sites for hydroxylation is 1. The quantitative estimate of drug-likeness (QED) is 0.813. The average Bonchev–Trinajstić information content (AvgIpc) is 2.84. The van der Waals surface area contributed by atoms with Gasteiger partial charge in [-0.3, -0.25) is 4.79 Å². The molecule has 7 heteroatoms. The van der Waals surface area contributed by atoms with Crippen LogP contribution in [0, 0.1) is 5.92 Å². The molecule has 0 radical (unpaired) electrons. The molecular weight excluding hydrogens is 265 g/mol. The predicted octanol–water partition coefficient (Wildman–Crippen LogP) is 0.740. The number of carbonyl (C=O) groups is 1. The average molecular weight is 282 g/mol. The Morgan fingerprint density at radius 2 is 2.24 bits per heavy atom. The maximum absolute atomic E-state index is 11.5. The van der Waals surface area contributed by atoms with E-state index in [0.29, 0.717) is 6.54 Å². The van der Waals surface area contributed by atoms with E-state index in [-0.39, 0.29) is 42.6 Å². The molecule has 1 saturated heterocycles. The number of imidazole rings is 1. The van der Waals surface area contributed by atoms with Crippen molar-refractivity contribution < 1.29 is 9.53 Å². The van der Waals surface area contributed by atoms with Crippen molar-refractivity contribution in [1.29, 1.82) is 0 Å². The molecule has 0 aromatic carbocycles. The van der Waals surface area contributed by atoms with Crippen LogP contribution >= 0.6 is 24.8 Å². The Morgan fingerprint density at radius 3 is 2.76 bits per heavy atom. The Morgan fingerprint density at radius 1 is 1.53 bits per heavy atom. The maximum atomic E-state index is 11.5. The number of aromatic nitrogens is 2. The maximum Gasteiger partial charge on any atom is 0.310 e. The second-order valence-corrected chi connectivity index (χ2v) is 3.86. The van der Waals surface area contributed by atoms with Crippen molar-refractivity contribution in [3.05, 3.63) is 18.2 Å². The number of methoxy groups -OCH3 is 1. The van der Waals surface area contributed by atoms with Crippen LogP contribution in [0.4, 0.5) is 0 Å². The number of halogens is 2. The minimum atomic E-state index is -0.157. The van der Waals surface area contributed by atoms with Crippen LogP contribution in [0.15, 0.2) is 12.5 Å². The summed E-state index contributed by atoms with van der Waals surface area (Å²) in [4.78, 5) is 15.8. The molecule has 1 aromatic rings. The zero-order chi connectivity index (χ0) is 10.8. The van der Waals surface area contributed by atoms with Crippen LogP contribution in [0.25, 0.3) is 0 Å². The Labute approximate surface area is 113 Å². The van der Waals surface area contributed by atoms with E-state index in [2.05, 4.69) is 10.3 Å². The fraction of sp³-hybridized carbons (Fsp3) is 0.600. The molecule has 0 unspecified atom stereocenters. The molecular formula is C10H17Cl2N3O2. The standard InChI is InChI=1S/C10H15N3O2.2ClH/c1-13-5-9(12-6-13)7-3-11-4-8(7)10(14)15-2;;/h5-8,11H,3-4H2,1-2H3;2*1H/t7-,8-;;/m1../s1. The first kappa shape index (κ1) is 16.2. The lowest BCUT2D eigenvalue weighted by Gasteiger charge is -2.13. The molecule has 0 saturated carbocycles. The molecule has 2 atom stereocenters. The number of hydrogen-bond donors (Lipinski definition) is 1. The minimum Gasteiger partial charge on any atom is -0.469 e. The first-order chi connectivity index (χ1) is 7.22. The highest BCUT2D eigenvalue weighted by Gasteiger charge is 2.35. The lowest BCUT2D eigenvalue weighted by Crippen LogP contribution is -2.23. The predicted molar refractivity (Wildman–Crippen MR) is 68.8 cm³/mol. The van der Waals surface area contributed by atoms with Gasteiger partial charge in [0.05, 0.1) is 25.0 Å². The van der Waals surface area contributed by atoms with Crippen LogP contribution in [0.3, 0.4) is 0 Å². The highest BCUT2D eigenvalue weighted by atomic mass is 35.5. The third kappa shape index (κ3) is 3.34. The molecule has 2 rings (SSSR count). The summed E-state index contributed by atoms with van der Waals surface area (Å²) in [6.45, 7) is 1.46. The molecule has 0 aliphatic carbocycles. The van der Waals surface area contributed by atoms with Crippen molar-refractivity contribution in [3.8, 4) is 0 Å². The number of ether oxygens (including phenoxy) is 1. The lowest BCUT2D eigenvalue weighted by atomic mass is 9.93. The fourth-order valence-corrected chi connectivity index (χ4v) is 2.01. The van der Waals surface area contributed by atoms with E-state index in [4.69, 9.17) is 4.74 Å². The Balaban J connectivity index is 0.00000128. The zero-order valence-corrected chi connectivity index (χ0v) is 11.4. The summed E-state index contributed by atoms with van der Waals surface area (Å²) in [6, 6.07) is 0. The van der Waals surface area contributed by atoms with Gasteiger partial charge >= 0.3 is 5.97 Å². The number of rotatable bonds is 2. The highest BCUT2D eigenvalue weighted by molar-refractivity contribution is 5.85.